The third-order valence-electron chi connectivity index (χ3n) is 6.09. The van der Waals surface area contributed by atoms with Gasteiger partial charge in [-0.15, -0.1) is 0 Å². The van der Waals surface area contributed by atoms with E-state index in [0.29, 0.717) is 28.7 Å². The molecule has 0 radical (unpaired) electrons. The molecule has 2 aromatic carbocycles. The number of nitrogens with zero attached hydrogens (tertiary/aromatic N) is 2. The number of fused-ring (bicyclic) bond motifs is 1. The number of carbonyl (C=O) groups is 1. The molecule has 5 rings (SSSR count). The number of ether oxygens (including phenoxy) is 1. The van der Waals surface area contributed by atoms with Crippen molar-refractivity contribution in [3.63, 3.8) is 0 Å². The number of carbonyl (C=O) groups excluding carboxylic acids is 1. The number of nitrogens with one attached hydrogen (secondary N) is 2. The van der Waals surface area contributed by atoms with Crippen molar-refractivity contribution in [1.29, 1.82) is 0 Å². The molecule has 3 heterocycles. The highest BCUT2D eigenvalue weighted by molar-refractivity contribution is 6.38. The van der Waals surface area contributed by atoms with Crippen molar-refractivity contribution in [2.24, 2.45) is 0 Å². The van der Waals surface area contributed by atoms with E-state index in [4.69, 9.17) is 20.9 Å². The fourth-order valence-electron chi connectivity index (χ4n) is 4.31. The summed E-state index contributed by atoms with van der Waals surface area (Å²) in [4.78, 5) is 15.0. The Kier molecular flexibility index (Phi) is 6.67. The van der Waals surface area contributed by atoms with Gasteiger partial charge in [0, 0.05) is 49.9 Å². The monoisotopic (exact) mass is 478 g/mol. The average molecular weight is 479 g/mol. The molecule has 1 amide bonds. The lowest BCUT2D eigenvalue weighted by Crippen LogP contribution is -2.43. The molecule has 0 spiro atoms. The van der Waals surface area contributed by atoms with E-state index in [0.717, 1.165) is 67.3 Å². The Morgan fingerprint density at radius 2 is 1.94 bits per heavy atom. The van der Waals surface area contributed by atoms with Crippen LogP contribution in [0.3, 0.4) is 0 Å². The summed E-state index contributed by atoms with van der Waals surface area (Å²) < 4.78 is 11.2. The lowest BCUT2D eigenvalue weighted by molar-refractivity contribution is -0.110. The summed E-state index contributed by atoms with van der Waals surface area (Å²) in [6.45, 7) is 7.92. The molecule has 8 heteroatoms. The van der Waals surface area contributed by atoms with Crippen molar-refractivity contribution in [2.45, 2.75) is 13.3 Å². The molecule has 3 aromatic rings. The van der Waals surface area contributed by atoms with Gasteiger partial charge in [-0.1, -0.05) is 28.9 Å². The SMILES string of the molecule is Cc1cc(C=C2C(=O)Nc3cc(Cl)c(-c4ccc(OCCCN5CCNCC5)cc4)cc32)on1. The molecule has 34 heavy (non-hydrogen) atoms. The van der Waals surface area contributed by atoms with Crippen molar-refractivity contribution in [1.82, 2.24) is 15.4 Å². The Morgan fingerprint density at radius 1 is 1.15 bits per heavy atom. The van der Waals surface area contributed by atoms with Gasteiger partial charge < -0.3 is 24.8 Å². The first-order valence-electron chi connectivity index (χ1n) is 11.5. The highest BCUT2D eigenvalue weighted by atomic mass is 35.5. The van der Waals surface area contributed by atoms with E-state index < -0.39 is 0 Å². The molecule has 0 saturated carbocycles. The van der Waals surface area contributed by atoms with Gasteiger partial charge in [-0.3, -0.25) is 4.79 Å². The number of halogens is 1. The van der Waals surface area contributed by atoms with Gasteiger partial charge >= 0.3 is 0 Å². The topological polar surface area (TPSA) is 79.6 Å². The van der Waals surface area contributed by atoms with Gasteiger partial charge in [0.1, 0.15) is 5.75 Å². The Balaban J connectivity index is 1.28. The summed E-state index contributed by atoms with van der Waals surface area (Å²) in [6.07, 6.45) is 2.70. The van der Waals surface area contributed by atoms with E-state index in [1.165, 1.54) is 0 Å². The van der Waals surface area contributed by atoms with Crippen LogP contribution in [0.1, 0.15) is 23.4 Å². The van der Waals surface area contributed by atoms with E-state index in [1.807, 2.05) is 37.3 Å². The fraction of sp³-hybridized carbons (Fsp3) is 0.308. The first-order valence-corrected chi connectivity index (χ1v) is 11.9. The van der Waals surface area contributed by atoms with Gasteiger partial charge in [0.15, 0.2) is 5.76 Å². The number of benzene rings is 2. The minimum atomic E-state index is -0.193. The summed E-state index contributed by atoms with van der Waals surface area (Å²) in [7, 11) is 0. The maximum Gasteiger partial charge on any atom is 0.256 e. The molecule has 1 saturated heterocycles. The zero-order valence-corrected chi connectivity index (χ0v) is 19.8. The van der Waals surface area contributed by atoms with Crippen molar-refractivity contribution in [3.8, 4) is 16.9 Å². The van der Waals surface area contributed by atoms with E-state index in [9.17, 15) is 4.79 Å². The predicted octanol–water partition coefficient (Wildman–Crippen LogP) is 4.47. The van der Waals surface area contributed by atoms with Crippen LogP contribution in [-0.2, 0) is 4.79 Å². The van der Waals surface area contributed by atoms with Crippen molar-refractivity contribution >= 4 is 34.8 Å². The van der Waals surface area contributed by atoms with Crippen LogP contribution in [-0.4, -0.2) is 55.3 Å². The fourth-order valence-corrected chi connectivity index (χ4v) is 4.59. The molecule has 2 aliphatic rings. The maximum absolute atomic E-state index is 12.6. The minimum Gasteiger partial charge on any atom is -0.494 e. The molecule has 1 fully saturated rings. The summed E-state index contributed by atoms with van der Waals surface area (Å²) in [6, 6.07) is 13.4. The highest BCUT2D eigenvalue weighted by Crippen LogP contribution is 2.40. The van der Waals surface area contributed by atoms with Crippen LogP contribution in [0.25, 0.3) is 22.8 Å². The van der Waals surface area contributed by atoms with Crippen LogP contribution in [0.15, 0.2) is 47.0 Å². The molecule has 0 atom stereocenters. The van der Waals surface area contributed by atoms with Crippen LogP contribution in [0.5, 0.6) is 5.75 Å². The molecule has 2 N–H and O–H groups in total. The zero-order chi connectivity index (χ0) is 23.5. The Labute approximate surface area is 203 Å². The quantitative estimate of drug-likeness (QED) is 0.385. The van der Waals surface area contributed by atoms with Crippen molar-refractivity contribution < 1.29 is 14.1 Å². The molecule has 176 valence electrons. The summed E-state index contributed by atoms with van der Waals surface area (Å²) >= 11 is 6.58. The number of aromatic nitrogens is 1. The average Bonchev–Trinajstić information content (AvgIpc) is 3.39. The molecule has 0 unspecified atom stereocenters. The van der Waals surface area contributed by atoms with Gasteiger partial charge in [-0.05, 0) is 49.2 Å². The van der Waals surface area contributed by atoms with E-state index in [1.54, 1.807) is 18.2 Å². The molecule has 2 aliphatic heterocycles. The van der Waals surface area contributed by atoms with Crippen LogP contribution in [0.4, 0.5) is 5.69 Å². The molecule has 0 aliphatic carbocycles. The standard InChI is InChI=1S/C26H27ClN4O3/c1-17-13-20(34-30-17)14-23-22-15-21(24(27)16-25(22)29-26(23)32)18-3-5-19(6-4-18)33-12-2-9-31-10-7-28-8-11-31/h3-6,13-16,28H,2,7-12H2,1H3,(H,29,32). The van der Waals surface area contributed by atoms with Gasteiger partial charge in [0.25, 0.3) is 5.91 Å². The second kappa shape index (κ2) is 10.0. The van der Waals surface area contributed by atoms with E-state index in [-0.39, 0.29) is 5.91 Å². The van der Waals surface area contributed by atoms with Gasteiger partial charge in [-0.25, -0.2) is 0 Å². The number of aryl methyl sites for hydroxylation is 1. The highest BCUT2D eigenvalue weighted by Gasteiger charge is 2.26. The van der Waals surface area contributed by atoms with Crippen LogP contribution in [0, 0.1) is 6.92 Å². The predicted molar refractivity (Wildman–Crippen MR) is 134 cm³/mol. The van der Waals surface area contributed by atoms with Crippen LogP contribution < -0.4 is 15.4 Å². The van der Waals surface area contributed by atoms with Crippen molar-refractivity contribution in [2.75, 3.05) is 44.6 Å². The number of anilines is 1. The molecular weight excluding hydrogens is 452 g/mol. The van der Waals surface area contributed by atoms with E-state index in [2.05, 4.69) is 20.7 Å². The third kappa shape index (κ3) is 5.01. The van der Waals surface area contributed by atoms with Gasteiger partial charge in [-0.2, -0.15) is 0 Å². The second-order valence-corrected chi connectivity index (χ2v) is 8.99. The largest absolute Gasteiger partial charge is 0.494 e. The Morgan fingerprint density at radius 3 is 2.68 bits per heavy atom. The minimum absolute atomic E-state index is 0.193. The maximum atomic E-state index is 12.6. The number of piperazine rings is 1. The summed E-state index contributed by atoms with van der Waals surface area (Å²) in [5, 5.41) is 10.7. The zero-order valence-electron chi connectivity index (χ0n) is 19.1. The summed E-state index contributed by atoms with van der Waals surface area (Å²) in [5.41, 5.74) is 4.55. The van der Waals surface area contributed by atoms with Crippen LogP contribution in [0.2, 0.25) is 5.02 Å². The van der Waals surface area contributed by atoms with Gasteiger partial charge in [0.2, 0.25) is 0 Å². The lowest BCUT2D eigenvalue weighted by atomic mass is 9.98. The first kappa shape index (κ1) is 22.7. The molecule has 0 bridgehead atoms. The van der Waals surface area contributed by atoms with Gasteiger partial charge in [0.05, 0.1) is 28.6 Å². The first-order chi connectivity index (χ1) is 16.6. The number of rotatable bonds is 7. The molecule has 7 nitrogen and oxygen atoms in total. The molecular formula is C26H27ClN4O3. The number of hydrogen-bond donors (Lipinski definition) is 2. The smallest absolute Gasteiger partial charge is 0.256 e. The third-order valence-corrected chi connectivity index (χ3v) is 6.40. The number of hydrogen-bond acceptors (Lipinski definition) is 6. The lowest BCUT2D eigenvalue weighted by Gasteiger charge is -2.26. The number of amides is 1. The van der Waals surface area contributed by atoms with E-state index >= 15 is 0 Å². The molecule has 1 aromatic heterocycles. The Bertz CT molecular complexity index is 1210. The normalized spacial score (nSPS) is 17.1. The second-order valence-electron chi connectivity index (χ2n) is 8.58. The summed E-state index contributed by atoms with van der Waals surface area (Å²) in [5.74, 6) is 1.17. The Hall–Kier alpha value is -3.13. The van der Waals surface area contributed by atoms with Crippen LogP contribution >= 0.6 is 11.6 Å². The van der Waals surface area contributed by atoms with Crippen molar-refractivity contribution in [3.05, 3.63) is 64.5 Å².